The van der Waals surface area contributed by atoms with Gasteiger partial charge in [0, 0.05) is 19.4 Å². The molecule has 2 rings (SSSR count). The summed E-state index contributed by atoms with van der Waals surface area (Å²) in [7, 11) is -2.23. The highest BCUT2D eigenvalue weighted by molar-refractivity contribution is 7.92. The molecule has 17 heavy (non-hydrogen) atoms. The van der Waals surface area contributed by atoms with Crippen molar-refractivity contribution in [1.29, 1.82) is 0 Å². The molecule has 2 aromatic rings. The number of pyridine rings is 1. The average molecular weight is 254 g/mol. The van der Waals surface area contributed by atoms with Gasteiger partial charge in [-0.25, -0.2) is 17.8 Å². The molecule has 0 fully saturated rings. The summed E-state index contributed by atoms with van der Waals surface area (Å²) in [5.74, 6) is 0.105. The van der Waals surface area contributed by atoms with E-state index in [0.717, 1.165) is 0 Å². The number of rotatable bonds is 3. The van der Waals surface area contributed by atoms with Crippen LogP contribution in [-0.4, -0.2) is 28.2 Å². The van der Waals surface area contributed by atoms with Crippen molar-refractivity contribution < 1.29 is 8.42 Å². The molecule has 0 radical (unpaired) electrons. The summed E-state index contributed by atoms with van der Waals surface area (Å²) in [5, 5.41) is 3.75. The van der Waals surface area contributed by atoms with Gasteiger partial charge in [-0.05, 0) is 6.07 Å². The number of hydrogen-bond acceptors (Lipinski definition) is 6. The Morgan fingerprint density at radius 1 is 1.47 bits per heavy atom. The van der Waals surface area contributed by atoms with Crippen molar-refractivity contribution in [2.45, 2.75) is 4.90 Å². The smallest absolute Gasteiger partial charge is 0.267 e. The van der Waals surface area contributed by atoms with Gasteiger partial charge in [-0.15, -0.1) is 0 Å². The molecule has 2 aromatic heterocycles. The predicted molar refractivity (Wildman–Crippen MR) is 60.5 cm³/mol. The first-order valence-electron chi connectivity index (χ1n) is 4.57. The highest BCUT2D eigenvalue weighted by Gasteiger charge is 2.19. The highest BCUT2D eigenvalue weighted by Crippen LogP contribution is 2.18. The number of nitrogens with two attached hydrogens (primary N) is 1. The van der Waals surface area contributed by atoms with Crippen LogP contribution in [0.3, 0.4) is 0 Å². The molecule has 0 aliphatic carbocycles. The van der Waals surface area contributed by atoms with Crippen LogP contribution in [0.2, 0.25) is 0 Å². The standard InChI is InChI=1S/C8H10N6O2S/c1-14-8(11-5-12-14)13-17(15,16)7-4-10-3-2-6(7)9/h2-5H,1H3,(H2,9,10)(H,11,12,13). The first kappa shape index (κ1) is 11.3. The third kappa shape index (κ3) is 2.18. The molecule has 3 N–H and O–H groups in total. The number of anilines is 2. The van der Waals surface area contributed by atoms with E-state index in [-0.39, 0.29) is 16.5 Å². The summed E-state index contributed by atoms with van der Waals surface area (Å²) in [4.78, 5) is 7.38. The molecule has 2 heterocycles. The summed E-state index contributed by atoms with van der Waals surface area (Å²) in [6, 6.07) is 1.41. The highest BCUT2D eigenvalue weighted by atomic mass is 32.2. The van der Waals surface area contributed by atoms with E-state index in [1.807, 2.05) is 0 Å². The third-order valence-electron chi connectivity index (χ3n) is 2.04. The lowest BCUT2D eigenvalue weighted by molar-refractivity contribution is 0.600. The van der Waals surface area contributed by atoms with Crippen molar-refractivity contribution in [3.63, 3.8) is 0 Å². The van der Waals surface area contributed by atoms with E-state index in [2.05, 4.69) is 19.8 Å². The lowest BCUT2D eigenvalue weighted by Gasteiger charge is -2.07. The quantitative estimate of drug-likeness (QED) is 0.769. The molecule has 0 bridgehead atoms. The van der Waals surface area contributed by atoms with E-state index in [1.165, 1.54) is 29.5 Å². The minimum absolute atomic E-state index is 0.0944. The molecule has 0 aromatic carbocycles. The van der Waals surface area contributed by atoms with Crippen LogP contribution < -0.4 is 10.5 Å². The van der Waals surface area contributed by atoms with Crippen molar-refractivity contribution >= 4 is 21.7 Å². The summed E-state index contributed by atoms with van der Waals surface area (Å²) in [6.07, 6.45) is 3.83. The van der Waals surface area contributed by atoms with Crippen LogP contribution in [-0.2, 0) is 17.1 Å². The third-order valence-corrected chi connectivity index (χ3v) is 3.41. The van der Waals surface area contributed by atoms with Crippen LogP contribution in [0, 0.1) is 0 Å². The van der Waals surface area contributed by atoms with E-state index < -0.39 is 10.0 Å². The molecule has 8 nitrogen and oxygen atoms in total. The van der Waals surface area contributed by atoms with Crippen LogP contribution in [0.4, 0.5) is 11.6 Å². The Hall–Kier alpha value is -2.16. The maximum atomic E-state index is 12.0. The van der Waals surface area contributed by atoms with Gasteiger partial charge in [-0.1, -0.05) is 0 Å². The Balaban J connectivity index is 2.39. The van der Waals surface area contributed by atoms with E-state index in [0.29, 0.717) is 0 Å². The summed E-state index contributed by atoms with van der Waals surface area (Å²) < 4.78 is 27.5. The molecule has 90 valence electrons. The molecule has 0 aliphatic heterocycles. The van der Waals surface area contributed by atoms with Gasteiger partial charge in [0.05, 0.1) is 5.69 Å². The van der Waals surface area contributed by atoms with Crippen molar-refractivity contribution in [2.75, 3.05) is 10.5 Å². The van der Waals surface area contributed by atoms with Crippen molar-refractivity contribution in [1.82, 2.24) is 19.7 Å². The number of aryl methyl sites for hydroxylation is 1. The summed E-state index contributed by atoms with van der Waals surface area (Å²) in [5.41, 5.74) is 5.69. The van der Waals surface area contributed by atoms with Gasteiger partial charge in [0.25, 0.3) is 10.0 Å². The maximum Gasteiger partial charge on any atom is 0.267 e. The fraction of sp³-hybridized carbons (Fsp3) is 0.125. The normalized spacial score (nSPS) is 11.4. The molecule has 0 amide bonds. The largest absolute Gasteiger partial charge is 0.398 e. The van der Waals surface area contributed by atoms with E-state index in [9.17, 15) is 8.42 Å². The van der Waals surface area contributed by atoms with Crippen LogP contribution in [0.25, 0.3) is 0 Å². The number of nitrogens with one attached hydrogen (secondary N) is 1. The van der Waals surface area contributed by atoms with E-state index in [1.54, 1.807) is 7.05 Å². The van der Waals surface area contributed by atoms with Gasteiger partial charge in [-0.3, -0.25) is 4.98 Å². The Morgan fingerprint density at radius 2 is 2.24 bits per heavy atom. The number of nitrogens with zero attached hydrogens (tertiary/aromatic N) is 4. The Bertz CT molecular complexity index is 635. The molecule has 0 saturated heterocycles. The van der Waals surface area contributed by atoms with Crippen LogP contribution in [0.15, 0.2) is 29.7 Å². The zero-order chi connectivity index (χ0) is 12.5. The molecule has 0 unspecified atom stereocenters. The van der Waals surface area contributed by atoms with Gasteiger partial charge >= 0.3 is 0 Å². The second kappa shape index (κ2) is 4.01. The fourth-order valence-corrected chi connectivity index (χ4v) is 2.29. The summed E-state index contributed by atoms with van der Waals surface area (Å²) in [6.45, 7) is 0. The van der Waals surface area contributed by atoms with Crippen molar-refractivity contribution in [3.05, 3.63) is 24.8 Å². The van der Waals surface area contributed by atoms with Gasteiger partial charge in [0.2, 0.25) is 5.95 Å². The fourth-order valence-electron chi connectivity index (χ4n) is 1.18. The maximum absolute atomic E-state index is 12.0. The minimum atomic E-state index is -3.80. The van der Waals surface area contributed by atoms with Crippen LogP contribution >= 0.6 is 0 Å². The van der Waals surface area contributed by atoms with Gasteiger partial charge in [0.15, 0.2) is 0 Å². The van der Waals surface area contributed by atoms with E-state index >= 15 is 0 Å². The Labute approximate surface area is 97.6 Å². The van der Waals surface area contributed by atoms with Gasteiger partial charge < -0.3 is 5.73 Å². The van der Waals surface area contributed by atoms with Crippen molar-refractivity contribution in [2.24, 2.45) is 7.05 Å². The van der Waals surface area contributed by atoms with Crippen LogP contribution in [0.5, 0.6) is 0 Å². The zero-order valence-corrected chi connectivity index (χ0v) is 9.72. The SMILES string of the molecule is Cn1ncnc1NS(=O)(=O)c1cnccc1N. The molecule has 0 atom stereocenters. The topological polar surface area (TPSA) is 116 Å². The first-order chi connectivity index (χ1) is 8.00. The number of sulfonamides is 1. The molecule has 0 saturated carbocycles. The Morgan fingerprint density at radius 3 is 2.82 bits per heavy atom. The minimum Gasteiger partial charge on any atom is -0.398 e. The number of hydrogen-bond donors (Lipinski definition) is 2. The van der Waals surface area contributed by atoms with Crippen LogP contribution in [0.1, 0.15) is 0 Å². The second-order valence-electron chi connectivity index (χ2n) is 3.23. The zero-order valence-electron chi connectivity index (χ0n) is 8.90. The average Bonchev–Trinajstić information content (AvgIpc) is 2.64. The lowest BCUT2D eigenvalue weighted by atomic mass is 10.4. The lowest BCUT2D eigenvalue weighted by Crippen LogP contribution is -2.17. The molecule has 9 heteroatoms. The summed E-state index contributed by atoms with van der Waals surface area (Å²) >= 11 is 0. The molecule has 0 aliphatic rings. The van der Waals surface area contributed by atoms with Gasteiger partial charge in [0.1, 0.15) is 11.2 Å². The monoisotopic (exact) mass is 254 g/mol. The second-order valence-corrected chi connectivity index (χ2v) is 4.88. The van der Waals surface area contributed by atoms with E-state index in [4.69, 9.17) is 5.73 Å². The van der Waals surface area contributed by atoms with Crippen molar-refractivity contribution in [3.8, 4) is 0 Å². The molecular formula is C8H10N6O2S. The van der Waals surface area contributed by atoms with Gasteiger partial charge in [-0.2, -0.15) is 10.1 Å². The molecule has 0 spiro atoms. The Kier molecular flexibility index (Phi) is 2.68. The molecular weight excluding hydrogens is 244 g/mol. The predicted octanol–water partition coefficient (Wildman–Crippen LogP) is -0.407. The number of nitrogen functional groups attached to an aromatic ring is 1. The first-order valence-corrected chi connectivity index (χ1v) is 6.05. The number of aromatic nitrogens is 4.